The van der Waals surface area contributed by atoms with Crippen LogP contribution in [0.15, 0.2) is 46.1 Å². The van der Waals surface area contributed by atoms with E-state index in [9.17, 15) is 13.2 Å². The minimum Gasteiger partial charge on any atom is -0.268 e. The number of sulfonamides is 1. The van der Waals surface area contributed by atoms with Crippen molar-refractivity contribution in [3.63, 3.8) is 0 Å². The van der Waals surface area contributed by atoms with Crippen LogP contribution in [0.5, 0.6) is 0 Å². The molecule has 24 heavy (non-hydrogen) atoms. The normalized spacial score (nSPS) is 14.3. The number of hydrogen-bond acceptors (Lipinski definition) is 5. The summed E-state index contributed by atoms with van der Waals surface area (Å²) in [6, 6.07) is 10.8. The van der Waals surface area contributed by atoms with Crippen LogP contribution < -0.4 is 10.3 Å². The monoisotopic (exact) mass is 344 g/mol. The summed E-state index contributed by atoms with van der Waals surface area (Å²) in [5.74, 6) is 0.423. The predicted molar refractivity (Wildman–Crippen MR) is 86.8 cm³/mol. The summed E-state index contributed by atoms with van der Waals surface area (Å²) in [4.78, 5) is 11.9. The summed E-state index contributed by atoms with van der Waals surface area (Å²) >= 11 is 0. The quantitative estimate of drug-likeness (QED) is 0.841. The van der Waals surface area contributed by atoms with Crippen molar-refractivity contribution in [2.75, 3.05) is 6.54 Å². The second-order valence-electron chi connectivity index (χ2n) is 5.63. The molecule has 1 fully saturated rings. The highest BCUT2D eigenvalue weighted by Gasteiger charge is 2.25. The number of hydrogen-bond donors (Lipinski definition) is 1. The zero-order valence-electron chi connectivity index (χ0n) is 12.8. The third kappa shape index (κ3) is 3.69. The van der Waals surface area contributed by atoms with E-state index in [4.69, 9.17) is 5.26 Å². The van der Waals surface area contributed by atoms with Crippen molar-refractivity contribution in [2.45, 2.75) is 30.2 Å². The molecule has 0 atom stereocenters. The van der Waals surface area contributed by atoms with E-state index in [0.29, 0.717) is 11.5 Å². The molecule has 1 N–H and O–H groups in total. The van der Waals surface area contributed by atoms with Crippen molar-refractivity contribution in [1.29, 1.82) is 5.26 Å². The van der Waals surface area contributed by atoms with E-state index < -0.39 is 10.0 Å². The molecule has 0 saturated heterocycles. The van der Waals surface area contributed by atoms with Gasteiger partial charge in [-0.2, -0.15) is 10.4 Å². The lowest BCUT2D eigenvalue weighted by Gasteiger charge is -2.09. The summed E-state index contributed by atoms with van der Waals surface area (Å²) in [5.41, 5.74) is 1.02. The largest absolute Gasteiger partial charge is 0.268 e. The highest BCUT2D eigenvalue weighted by molar-refractivity contribution is 7.89. The van der Waals surface area contributed by atoms with Crippen LogP contribution in [0, 0.1) is 11.3 Å². The maximum Gasteiger partial charge on any atom is 0.266 e. The van der Waals surface area contributed by atoms with Crippen molar-refractivity contribution in [3.05, 3.63) is 58.0 Å². The van der Waals surface area contributed by atoms with Gasteiger partial charge in [0.1, 0.15) is 0 Å². The van der Waals surface area contributed by atoms with Crippen molar-refractivity contribution < 1.29 is 8.42 Å². The Kier molecular flexibility index (Phi) is 4.46. The van der Waals surface area contributed by atoms with Crippen LogP contribution in [0.1, 0.15) is 30.0 Å². The lowest BCUT2D eigenvalue weighted by molar-refractivity contribution is 0.541. The summed E-state index contributed by atoms with van der Waals surface area (Å²) in [6.07, 6.45) is 2.16. The molecule has 0 bridgehead atoms. The van der Waals surface area contributed by atoms with Gasteiger partial charge >= 0.3 is 0 Å². The average Bonchev–Trinajstić information content (AvgIpc) is 3.41. The number of rotatable bonds is 6. The van der Waals surface area contributed by atoms with Crippen LogP contribution in [0.4, 0.5) is 0 Å². The van der Waals surface area contributed by atoms with Gasteiger partial charge in [0.05, 0.1) is 28.8 Å². The number of nitrogens with one attached hydrogen (secondary N) is 1. The molecular formula is C16H16N4O3S. The van der Waals surface area contributed by atoms with E-state index in [1.165, 1.54) is 35.0 Å². The zero-order chi connectivity index (χ0) is 17.2. The molecular weight excluding hydrogens is 328 g/mol. The Morgan fingerprint density at radius 2 is 1.92 bits per heavy atom. The molecule has 124 valence electrons. The third-order valence-electron chi connectivity index (χ3n) is 3.79. The smallest absolute Gasteiger partial charge is 0.266 e. The van der Waals surface area contributed by atoms with Gasteiger partial charge in [-0.15, -0.1) is 0 Å². The second kappa shape index (κ2) is 6.55. The van der Waals surface area contributed by atoms with Crippen LogP contribution in [0.25, 0.3) is 0 Å². The molecule has 1 aromatic carbocycles. The Hall–Kier alpha value is -2.50. The van der Waals surface area contributed by atoms with Crippen LogP contribution >= 0.6 is 0 Å². The van der Waals surface area contributed by atoms with Crippen molar-refractivity contribution in [2.24, 2.45) is 0 Å². The minimum atomic E-state index is -3.68. The van der Waals surface area contributed by atoms with E-state index in [1.54, 1.807) is 6.07 Å². The van der Waals surface area contributed by atoms with Gasteiger partial charge in [0.25, 0.3) is 5.56 Å². The highest BCUT2D eigenvalue weighted by Crippen LogP contribution is 2.38. The molecule has 0 spiro atoms. The van der Waals surface area contributed by atoms with Gasteiger partial charge in [0, 0.05) is 18.5 Å². The van der Waals surface area contributed by atoms with E-state index in [-0.39, 0.29) is 23.5 Å². The third-order valence-corrected chi connectivity index (χ3v) is 5.27. The summed E-state index contributed by atoms with van der Waals surface area (Å²) < 4.78 is 28.1. The van der Waals surface area contributed by atoms with Gasteiger partial charge in [-0.3, -0.25) is 4.79 Å². The second-order valence-corrected chi connectivity index (χ2v) is 7.39. The first-order chi connectivity index (χ1) is 11.5. The summed E-state index contributed by atoms with van der Waals surface area (Å²) in [5, 5.41) is 13.0. The first-order valence-corrected chi connectivity index (χ1v) is 9.06. The van der Waals surface area contributed by atoms with Crippen molar-refractivity contribution >= 4 is 10.0 Å². The van der Waals surface area contributed by atoms with Crippen LogP contribution in [0.2, 0.25) is 0 Å². The van der Waals surface area contributed by atoms with Crippen LogP contribution in [-0.2, 0) is 16.6 Å². The lowest BCUT2D eigenvalue weighted by Crippen LogP contribution is -2.32. The maximum absolute atomic E-state index is 12.2. The fraction of sp³-hybridized carbons (Fsp3) is 0.312. The van der Waals surface area contributed by atoms with E-state index in [2.05, 4.69) is 9.82 Å². The molecule has 0 unspecified atom stereocenters. The van der Waals surface area contributed by atoms with Crippen molar-refractivity contribution in [1.82, 2.24) is 14.5 Å². The highest BCUT2D eigenvalue weighted by atomic mass is 32.2. The van der Waals surface area contributed by atoms with Gasteiger partial charge in [-0.1, -0.05) is 0 Å². The SMILES string of the molecule is N#Cc1ccc(S(=O)(=O)NCCn2nc(C3CC3)ccc2=O)cc1. The standard InChI is InChI=1S/C16H16N4O3S/c17-11-12-1-5-14(6-2-12)24(22,23)18-9-10-20-16(21)8-7-15(19-20)13-3-4-13/h1-2,5-8,13,18H,3-4,9-10H2. The molecule has 0 radical (unpaired) electrons. The fourth-order valence-electron chi connectivity index (χ4n) is 2.30. The Morgan fingerprint density at radius 3 is 2.54 bits per heavy atom. The number of benzene rings is 1. The lowest BCUT2D eigenvalue weighted by atomic mass is 10.2. The summed E-state index contributed by atoms with van der Waals surface area (Å²) in [6.45, 7) is 0.220. The molecule has 0 amide bonds. The number of aromatic nitrogens is 2. The first kappa shape index (κ1) is 16.4. The predicted octanol–water partition coefficient (Wildman–Crippen LogP) is 0.971. The topological polar surface area (TPSA) is 105 Å². The molecule has 1 saturated carbocycles. The van der Waals surface area contributed by atoms with Gasteiger partial charge in [-0.05, 0) is 43.2 Å². The summed E-state index contributed by atoms with van der Waals surface area (Å²) in [7, 11) is -3.68. The maximum atomic E-state index is 12.2. The minimum absolute atomic E-state index is 0.0589. The Labute approximate surface area is 139 Å². The zero-order valence-corrected chi connectivity index (χ0v) is 13.7. The molecule has 3 rings (SSSR count). The molecule has 0 aliphatic heterocycles. The molecule has 1 heterocycles. The molecule has 1 aliphatic rings. The molecule has 1 aliphatic carbocycles. The fourth-order valence-corrected chi connectivity index (χ4v) is 3.32. The Balaban J connectivity index is 1.66. The molecule has 1 aromatic heterocycles. The Bertz CT molecular complexity index is 939. The van der Waals surface area contributed by atoms with Gasteiger partial charge in [0.15, 0.2) is 0 Å². The number of nitriles is 1. The van der Waals surface area contributed by atoms with E-state index >= 15 is 0 Å². The van der Waals surface area contributed by atoms with E-state index in [0.717, 1.165) is 18.5 Å². The van der Waals surface area contributed by atoms with Gasteiger partial charge in [0.2, 0.25) is 10.0 Å². The number of nitrogens with zero attached hydrogens (tertiary/aromatic N) is 3. The molecule has 8 heteroatoms. The van der Waals surface area contributed by atoms with Gasteiger partial charge < -0.3 is 0 Å². The van der Waals surface area contributed by atoms with Gasteiger partial charge in [-0.25, -0.2) is 17.8 Å². The average molecular weight is 344 g/mol. The van der Waals surface area contributed by atoms with Crippen LogP contribution in [0.3, 0.4) is 0 Å². The Morgan fingerprint density at radius 1 is 1.21 bits per heavy atom. The van der Waals surface area contributed by atoms with Crippen molar-refractivity contribution in [3.8, 4) is 6.07 Å². The molecule has 2 aromatic rings. The first-order valence-electron chi connectivity index (χ1n) is 7.57. The van der Waals surface area contributed by atoms with E-state index in [1.807, 2.05) is 6.07 Å². The molecule has 7 nitrogen and oxygen atoms in total. The van der Waals surface area contributed by atoms with Crippen LogP contribution in [-0.4, -0.2) is 24.7 Å².